The summed E-state index contributed by atoms with van der Waals surface area (Å²) in [4.78, 5) is 20.1. The van der Waals surface area contributed by atoms with Gasteiger partial charge >= 0.3 is 0 Å². The summed E-state index contributed by atoms with van der Waals surface area (Å²) in [7, 11) is 0. The number of carbonyl (C=O) groups excluding carboxylic acids is 1. The first kappa shape index (κ1) is 17.0. The van der Waals surface area contributed by atoms with Crippen LogP contribution < -0.4 is 10.6 Å². The van der Waals surface area contributed by atoms with E-state index in [4.69, 9.17) is 5.73 Å². The van der Waals surface area contributed by atoms with E-state index in [0.717, 1.165) is 41.3 Å². The summed E-state index contributed by atoms with van der Waals surface area (Å²) < 4.78 is 0. The summed E-state index contributed by atoms with van der Waals surface area (Å²) in [6, 6.07) is 12.8. The predicted octanol–water partition coefficient (Wildman–Crippen LogP) is 4.54. The highest BCUT2D eigenvalue weighted by molar-refractivity contribution is 7.21. The molecule has 2 aromatic heterocycles. The first-order chi connectivity index (χ1) is 12.6. The van der Waals surface area contributed by atoms with Gasteiger partial charge in [0.2, 0.25) is 0 Å². The maximum absolute atomic E-state index is 11.8. The van der Waals surface area contributed by atoms with Crippen molar-refractivity contribution in [2.75, 3.05) is 23.7 Å². The Labute approximate surface area is 157 Å². The Balaban J connectivity index is 1.53. The summed E-state index contributed by atoms with van der Waals surface area (Å²) >= 11 is 1.40. The molecule has 0 atom stereocenters. The summed E-state index contributed by atoms with van der Waals surface area (Å²) in [5.74, 6) is 0.733. The van der Waals surface area contributed by atoms with Crippen LogP contribution in [0, 0.1) is 5.92 Å². The van der Waals surface area contributed by atoms with Crippen LogP contribution in [-0.4, -0.2) is 23.9 Å². The number of Topliss-reactive ketones (excluding diaryl/α,β-unsaturated/α-hetero) is 1. The molecule has 0 amide bonds. The number of ketones is 1. The number of aromatic nitrogens is 1. The number of nitrogens with two attached hydrogens (primary N) is 1. The van der Waals surface area contributed by atoms with E-state index in [-0.39, 0.29) is 5.78 Å². The molecule has 1 aromatic carbocycles. The summed E-state index contributed by atoms with van der Waals surface area (Å²) in [5.41, 5.74) is 9.43. The standard InChI is InChI=1S/C21H23N3OS/c1-14(25)20-19(22)18-17(7-10-23-21(18)26-20)24-11-8-16(9-12-24)13-15-5-3-2-4-6-15/h2-7,10,16H,8-9,11-13,22H2,1H3. The second-order valence-electron chi connectivity index (χ2n) is 7.03. The van der Waals surface area contributed by atoms with Crippen LogP contribution in [0.1, 0.15) is 35.0 Å². The number of rotatable bonds is 4. The van der Waals surface area contributed by atoms with Gasteiger partial charge in [-0.25, -0.2) is 4.98 Å². The SMILES string of the molecule is CC(=O)c1sc2nccc(N3CCC(Cc4ccccc4)CC3)c2c1N. The molecule has 4 rings (SSSR count). The van der Waals surface area contributed by atoms with Crippen molar-refractivity contribution < 1.29 is 4.79 Å². The van der Waals surface area contributed by atoms with Crippen molar-refractivity contribution in [3.05, 3.63) is 53.0 Å². The van der Waals surface area contributed by atoms with Crippen molar-refractivity contribution >= 4 is 38.7 Å². The van der Waals surface area contributed by atoms with Crippen molar-refractivity contribution in [3.63, 3.8) is 0 Å². The second-order valence-corrected chi connectivity index (χ2v) is 8.03. The zero-order valence-corrected chi connectivity index (χ0v) is 15.8. The molecule has 26 heavy (non-hydrogen) atoms. The van der Waals surface area contributed by atoms with E-state index in [1.54, 1.807) is 6.92 Å². The zero-order valence-electron chi connectivity index (χ0n) is 14.9. The van der Waals surface area contributed by atoms with Gasteiger partial charge < -0.3 is 10.6 Å². The fraction of sp³-hybridized carbons (Fsp3) is 0.333. The maximum atomic E-state index is 11.8. The van der Waals surface area contributed by atoms with Crippen LogP contribution in [0.2, 0.25) is 0 Å². The number of carbonyl (C=O) groups is 1. The van der Waals surface area contributed by atoms with Crippen molar-refractivity contribution in [2.45, 2.75) is 26.2 Å². The highest BCUT2D eigenvalue weighted by Gasteiger charge is 2.24. The number of pyridine rings is 1. The van der Waals surface area contributed by atoms with Gasteiger partial charge in [0.1, 0.15) is 4.83 Å². The Kier molecular flexibility index (Phi) is 4.64. The Morgan fingerprint density at radius 2 is 1.96 bits per heavy atom. The van der Waals surface area contributed by atoms with Crippen molar-refractivity contribution in [1.82, 2.24) is 4.98 Å². The van der Waals surface area contributed by atoms with Gasteiger partial charge in [-0.05, 0) is 36.8 Å². The normalized spacial score (nSPS) is 15.5. The van der Waals surface area contributed by atoms with Gasteiger partial charge in [-0.1, -0.05) is 30.3 Å². The first-order valence-electron chi connectivity index (χ1n) is 9.10. The number of thiophene rings is 1. The quantitative estimate of drug-likeness (QED) is 0.690. The molecule has 4 nitrogen and oxygen atoms in total. The molecule has 0 radical (unpaired) electrons. The molecule has 3 aromatic rings. The molecular formula is C21H23N3OS. The number of benzene rings is 1. The van der Waals surface area contributed by atoms with E-state index in [2.05, 4.69) is 40.2 Å². The van der Waals surface area contributed by atoms with E-state index in [1.807, 2.05) is 12.3 Å². The number of nitrogen functional groups attached to an aromatic ring is 1. The molecule has 0 bridgehead atoms. The summed E-state index contributed by atoms with van der Waals surface area (Å²) in [6.45, 7) is 3.60. The fourth-order valence-electron chi connectivity index (χ4n) is 3.88. The monoisotopic (exact) mass is 365 g/mol. The molecule has 0 spiro atoms. The Morgan fingerprint density at radius 1 is 1.23 bits per heavy atom. The highest BCUT2D eigenvalue weighted by Crippen LogP contribution is 2.40. The van der Waals surface area contributed by atoms with Crippen molar-refractivity contribution in [3.8, 4) is 0 Å². The Bertz CT molecular complexity index is 927. The van der Waals surface area contributed by atoms with E-state index < -0.39 is 0 Å². The van der Waals surface area contributed by atoms with Crippen LogP contribution in [0.25, 0.3) is 10.2 Å². The van der Waals surface area contributed by atoms with Crippen molar-refractivity contribution in [2.24, 2.45) is 5.92 Å². The molecule has 1 aliphatic rings. The lowest BCUT2D eigenvalue weighted by Crippen LogP contribution is -2.34. The predicted molar refractivity (Wildman–Crippen MR) is 109 cm³/mol. The number of fused-ring (bicyclic) bond motifs is 1. The fourth-order valence-corrected chi connectivity index (χ4v) is 4.86. The molecule has 2 N–H and O–H groups in total. The molecule has 134 valence electrons. The molecule has 0 aliphatic carbocycles. The van der Waals surface area contributed by atoms with E-state index >= 15 is 0 Å². The minimum absolute atomic E-state index is 0.0121. The average Bonchev–Trinajstić information content (AvgIpc) is 3.01. The molecule has 5 heteroatoms. The number of hydrogen-bond acceptors (Lipinski definition) is 5. The van der Waals surface area contributed by atoms with Gasteiger partial charge in [-0.2, -0.15) is 0 Å². The van der Waals surface area contributed by atoms with Crippen LogP contribution in [0.5, 0.6) is 0 Å². The van der Waals surface area contributed by atoms with Gasteiger partial charge in [0.25, 0.3) is 0 Å². The first-order valence-corrected chi connectivity index (χ1v) is 9.92. The molecular weight excluding hydrogens is 342 g/mol. The van der Waals surface area contributed by atoms with Crippen LogP contribution in [0.15, 0.2) is 42.6 Å². The van der Waals surface area contributed by atoms with Crippen LogP contribution in [-0.2, 0) is 6.42 Å². The smallest absolute Gasteiger partial charge is 0.171 e. The van der Waals surface area contributed by atoms with Crippen LogP contribution in [0.4, 0.5) is 11.4 Å². The molecule has 3 heterocycles. The lowest BCUT2D eigenvalue weighted by Gasteiger charge is -2.34. The van der Waals surface area contributed by atoms with E-state index in [9.17, 15) is 4.79 Å². The molecule has 1 fully saturated rings. The van der Waals surface area contributed by atoms with Gasteiger partial charge in [0.05, 0.1) is 21.6 Å². The van der Waals surface area contributed by atoms with Gasteiger partial charge in [0.15, 0.2) is 5.78 Å². The molecule has 1 saturated heterocycles. The molecule has 0 saturated carbocycles. The Hall–Kier alpha value is -2.40. The minimum Gasteiger partial charge on any atom is -0.397 e. The zero-order chi connectivity index (χ0) is 18.1. The highest BCUT2D eigenvalue weighted by atomic mass is 32.1. The van der Waals surface area contributed by atoms with Gasteiger partial charge in [0, 0.05) is 26.2 Å². The van der Waals surface area contributed by atoms with Gasteiger partial charge in [-0.3, -0.25) is 4.79 Å². The van der Waals surface area contributed by atoms with E-state index in [0.29, 0.717) is 10.6 Å². The van der Waals surface area contributed by atoms with Gasteiger partial charge in [-0.15, -0.1) is 11.3 Å². The third kappa shape index (κ3) is 3.19. The van der Waals surface area contributed by atoms with Crippen LogP contribution >= 0.6 is 11.3 Å². The van der Waals surface area contributed by atoms with E-state index in [1.165, 1.54) is 29.7 Å². The minimum atomic E-state index is 0.0121. The third-order valence-electron chi connectivity index (χ3n) is 5.25. The number of piperidine rings is 1. The molecule has 1 aliphatic heterocycles. The lowest BCUT2D eigenvalue weighted by molar-refractivity contribution is 0.102. The maximum Gasteiger partial charge on any atom is 0.171 e. The van der Waals surface area contributed by atoms with Crippen molar-refractivity contribution in [1.29, 1.82) is 0 Å². The number of anilines is 2. The van der Waals surface area contributed by atoms with Crippen LogP contribution in [0.3, 0.4) is 0 Å². The summed E-state index contributed by atoms with van der Waals surface area (Å²) in [6.07, 6.45) is 5.31. The third-order valence-corrected chi connectivity index (χ3v) is 6.46. The number of nitrogens with zero attached hydrogens (tertiary/aromatic N) is 2. The number of hydrogen-bond donors (Lipinski definition) is 1. The summed E-state index contributed by atoms with van der Waals surface area (Å²) in [5, 5.41) is 0.948. The largest absolute Gasteiger partial charge is 0.397 e. The lowest BCUT2D eigenvalue weighted by atomic mass is 9.90. The Morgan fingerprint density at radius 3 is 2.65 bits per heavy atom. The molecule has 0 unspecified atom stereocenters. The second kappa shape index (κ2) is 7.08. The topological polar surface area (TPSA) is 59.2 Å². The average molecular weight is 366 g/mol.